The normalized spacial score (nSPS) is 16.0. The smallest absolute Gasteiger partial charge is 0.439 e. The Hall–Kier alpha value is -3.97. The van der Waals surface area contributed by atoms with Crippen molar-refractivity contribution >= 4 is 41.8 Å². The third-order valence-corrected chi connectivity index (χ3v) is 10.5. The average Bonchev–Trinajstić information content (AvgIpc) is 2.98. The van der Waals surface area contributed by atoms with Crippen LogP contribution in [0.1, 0.15) is 18.1 Å². The van der Waals surface area contributed by atoms with Crippen LogP contribution >= 0.6 is 15.0 Å². The molecule has 0 spiro atoms. The highest BCUT2D eigenvalue weighted by molar-refractivity contribution is 7.67. The third-order valence-electron chi connectivity index (χ3n) is 6.94. The van der Waals surface area contributed by atoms with E-state index in [0.29, 0.717) is 17.5 Å². The van der Waals surface area contributed by atoms with Crippen LogP contribution in [0.25, 0.3) is 32.6 Å². The Labute approximate surface area is 228 Å². The van der Waals surface area contributed by atoms with Gasteiger partial charge in [-0.05, 0) is 58.0 Å². The second kappa shape index (κ2) is 10.7. The van der Waals surface area contributed by atoms with Crippen molar-refractivity contribution in [3.63, 3.8) is 0 Å². The van der Waals surface area contributed by atoms with Gasteiger partial charge in [-0.3, -0.25) is 4.57 Å². The summed E-state index contributed by atoms with van der Waals surface area (Å²) < 4.78 is 37.0. The van der Waals surface area contributed by atoms with E-state index in [2.05, 4.69) is 19.1 Å². The molecule has 39 heavy (non-hydrogen) atoms. The fourth-order valence-corrected chi connectivity index (χ4v) is 8.45. The molecular formula is C33H27O4P2+. The minimum Gasteiger partial charge on any atom is -0.439 e. The van der Waals surface area contributed by atoms with Crippen molar-refractivity contribution in [2.45, 2.75) is 19.5 Å². The van der Waals surface area contributed by atoms with Gasteiger partial charge in [-0.1, -0.05) is 97.9 Å². The molecule has 0 saturated heterocycles. The Morgan fingerprint density at radius 3 is 2.21 bits per heavy atom. The number of benzene rings is 5. The molecule has 1 aliphatic rings. The van der Waals surface area contributed by atoms with Crippen LogP contribution in [0.15, 0.2) is 126 Å². The number of hydrogen-bond acceptors (Lipinski definition) is 4. The standard InChI is InChI=1S/C21H19O2P.C12H8O2P/c1-2-16-8-7-9-17(14-16)15-24(22)21-13-6-4-11-19(21)18-10-3-5-12-20(18)23-24;13-15-12-8-4-2-6-10(12)9-5-1-3-7-11(9)14-15/h3-14H,2,15H2,1H3;1-8H/q;+1. The SMILES string of the molecule is CCc1cccc(CP2(=O)Oc3ccccc3-c3ccccc32)c1.O=[p+]1oc2ccccc2c2ccccc21. The van der Waals surface area contributed by atoms with Crippen molar-refractivity contribution in [1.29, 1.82) is 0 Å². The van der Waals surface area contributed by atoms with E-state index in [1.165, 1.54) is 5.56 Å². The molecule has 0 bridgehead atoms. The van der Waals surface area contributed by atoms with Crippen molar-refractivity contribution in [2.24, 2.45) is 0 Å². The monoisotopic (exact) mass is 549 g/mol. The summed E-state index contributed by atoms with van der Waals surface area (Å²) in [7, 11) is -4.73. The van der Waals surface area contributed by atoms with Gasteiger partial charge in [-0.25, -0.2) is 4.20 Å². The maximum absolute atomic E-state index is 13.8. The van der Waals surface area contributed by atoms with Crippen molar-refractivity contribution < 1.29 is 17.9 Å². The summed E-state index contributed by atoms with van der Waals surface area (Å²) in [6.07, 6.45) is 1.39. The van der Waals surface area contributed by atoms with Crippen molar-refractivity contribution in [2.75, 3.05) is 0 Å². The van der Waals surface area contributed by atoms with Crippen LogP contribution in [0.2, 0.25) is 0 Å². The largest absolute Gasteiger partial charge is 0.597 e. The van der Waals surface area contributed by atoms with Gasteiger partial charge in [0.05, 0.1) is 11.5 Å². The molecule has 5 aromatic carbocycles. The first kappa shape index (κ1) is 25.3. The van der Waals surface area contributed by atoms with Gasteiger partial charge >= 0.3 is 7.65 Å². The van der Waals surface area contributed by atoms with E-state index in [1.54, 1.807) is 0 Å². The molecule has 0 saturated carbocycles. The minimum atomic E-state index is -2.99. The van der Waals surface area contributed by atoms with Gasteiger partial charge in [0, 0.05) is 16.3 Å². The van der Waals surface area contributed by atoms with Crippen LogP contribution in [0.5, 0.6) is 5.75 Å². The number of aryl methyl sites for hydroxylation is 1. The topological polar surface area (TPSA) is 56.5 Å². The van der Waals surface area contributed by atoms with E-state index < -0.39 is 15.0 Å². The molecule has 0 aliphatic carbocycles. The molecule has 6 heteroatoms. The molecule has 7 rings (SSSR count). The number of para-hydroxylation sites is 2. The summed E-state index contributed by atoms with van der Waals surface area (Å²) in [4.78, 5) is 0. The lowest BCUT2D eigenvalue weighted by Gasteiger charge is -2.28. The molecule has 2 heterocycles. The van der Waals surface area contributed by atoms with Crippen LogP contribution < -0.4 is 9.83 Å². The fourth-order valence-electron chi connectivity index (χ4n) is 5.05. The summed E-state index contributed by atoms with van der Waals surface area (Å²) in [6.45, 7) is 2.13. The highest BCUT2D eigenvalue weighted by atomic mass is 31.2. The fraction of sp³-hybridized carbons (Fsp3) is 0.0909. The number of hydrogen-bond donors (Lipinski definition) is 0. The molecule has 0 N–H and O–H groups in total. The predicted octanol–water partition coefficient (Wildman–Crippen LogP) is 9.74. The molecule has 0 fully saturated rings. The Balaban J connectivity index is 0.000000158. The second-order valence-corrected chi connectivity index (χ2v) is 13.0. The summed E-state index contributed by atoms with van der Waals surface area (Å²) in [5, 5.41) is 3.64. The zero-order valence-corrected chi connectivity index (χ0v) is 23.3. The van der Waals surface area contributed by atoms with Crippen LogP contribution in [-0.2, 0) is 21.7 Å². The lowest BCUT2D eigenvalue weighted by Crippen LogP contribution is -2.18. The molecule has 0 amide bonds. The van der Waals surface area contributed by atoms with E-state index in [-0.39, 0.29) is 0 Å². The second-order valence-electron chi connectivity index (χ2n) is 9.47. The van der Waals surface area contributed by atoms with Crippen LogP contribution in [-0.4, -0.2) is 0 Å². The van der Waals surface area contributed by atoms with Gasteiger partial charge in [-0.2, -0.15) is 0 Å². The average molecular weight is 550 g/mol. The molecule has 1 aromatic heterocycles. The molecule has 2 atom stereocenters. The molecule has 6 aromatic rings. The number of fused-ring (bicyclic) bond motifs is 6. The molecule has 2 unspecified atom stereocenters. The zero-order chi connectivity index (χ0) is 26.8. The summed E-state index contributed by atoms with van der Waals surface area (Å²) >= 11 is 0. The third kappa shape index (κ3) is 4.94. The van der Waals surface area contributed by atoms with Gasteiger partial charge < -0.3 is 4.52 Å². The van der Waals surface area contributed by atoms with E-state index in [4.69, 9.17) is 8.72 Å². The molecule has 1 aliphatic heterocycles. The van der Waals surface area contributed by atoms with Crippen LogP contribution in [0.3, 0.4) is 0 Å². The van der Waals surface area contributed by atoms with E-state index in [9.17, 15) is 9.13 Å². The maximum atomic E-state index is 13.8. The first-order chi connectivity index (χ1) is 19.1. The summed E-state index contributed by atoms with van der Waals surface area (Å²) in [6, 6.07) is 39.4. The Bertz CT molecular complexity index is 1930. The maximum Gasteiger partial charge on any atom is 0.597 e. The van der Waals surface area contributed by atoms with Crippen molar-refractivity contribution in [3.05, 3.63) is 132 Å². The van der Waals surface area contributed by atoms with E-state index in [0.717, 1.165) is 44.3 Å². The molecule has 0 radical (unpaired) electrons. The summed E-state index contributed by atoms with van der Waals surface area (Å²) in [5.74, 6) is 0.714. The van der Waals surface area contributed by atoms with Gasteiger partial charge in [-0.15, -0.1) is 0 Å². The van der Waals surface area contributed by atoms with E-state index >= 15 is 0 Å². The van der Waals surface area contributed by atoms with Gasteiger partial charge in [0.15, 0.2) is 5.58 Å². The van der Waals surface area contributed by atoms with Gasteiger partial charge in [0.25, 0.3) is 7.37 Å². The van der Waals surface area contributed by atoms with E-state index in [1.807, 2.05) is 109 Å². The highest BCUT2D eigenvalue weighted by Crippen LogP contribution is 2.56. The van der Waals surface area contributed by atoms with Crippen LogP contribution in [0, 0.1) is 0 Å². The first-order valence-electron chi connectivity index (χ1n) is 12.9. The molecular weight excluding hydrogens is 522 g/mol. The number of rotatable bonds is 3. The van der Waals surface area contributed by atoms with Crippen molar-refractivity contribution in [3.8, 4) is 16.9 Å². The Morgan fingerprint density at radius 1 is 0.692 bits per heavy atom. The zero-order valence-electron chi connectivity index (χ0n) is 21.5. The molecule has 4 nitrogen and oxygen atoms in total. The van der Waals surface area contributed by atoms with Gasteiger partial charge in [0.1, 0.15) is 5.75 Å². The predicted molar refractivity (Wildman–Crippen MR) is 161 cm³/mol. The van der Waals surface area contributed by atoms with Crippen molar-refractivity contribution in [1.82, 2.24) is 0 Å². The lowest BCUT2D eigenvalue weighted by molar-refractivity contribution is 0.490. The minimum absolute atomic E-state index is 0.423. The van der Waals surface area contributed by atoms with Crippen LogP contribution in [0.4, 0.5) is 0 Å². The first-order valence-corrected chi connectivity index (χ1v) is 15.9. The quantitative estimate of drug-likeness (QED) is 0.163. The Morgan fingerprint density at radius 2 is 1.36 bits per heavy atom. The lowest BCUT2D eigenvalue weighted by atomic mass is 10.0. The highest BCUT2D eigenvalue weighted by Gasteiger charge is 2.35. The Kier molecular flexibility index (Phi) is 6.92. The molecule has 192 valence electrons. The summed E-state index contributed by atoms with van der Waals surface area (Å²) in [5.41, 5.74) is 5.06. The van der Waals surface area contributed by atoms with Gasteiger partial charge in [0.2, 0.25) is 5.12 Å².